The maximum atomic E-state index is 10.0. The molecule has 128 valence electrons. The number of halogens is 1. The highest BCUT2D eigenvalue weighted by Crippen LogP contribution is 2.23. The highest BCUT2D eigenvalue weighted by Gasteiger charge is 2.10. The maximum Gasteiger partial charge on any atom is 0.137 e. The molecule has 0 aliphatic heterocycles. The van der Waals surface area contributed by atoms with Crippen LogP contribution >= 0.6 is 11.6 Å². The number of nitrogens with zero attached hydrogens (tertiary/aromatic N) is 2. The van der Waals surface area contributed by atoms with Crippen LogP contribution in [0.4, 0.5) is 0 Å². The van der Waals surface area contributed by atoms with Crippen molar-refractivity contribution in [3.8, 4) is 17.6 Å². The minimum absolute atomic E-state index is 0.0178. The van der Waals surface area contributed by atoms with Gasteiger partial charge in [0.05, 0.1) is 5.56 Å². The summed E-state index contributed by atoms with van der Waals surface area (Å²) in [6.45, 7) is 0.109. The molecule has 0 fully saturated rings. The summed E-state index contributed by atoms with van der Waals surface area (Å²) in [4.78, 5) is 0. The smallest absolute Gasteiger partial charge is 0.137 e. The molecule has 0 bridgehead atoms. The topological polar surface area (TPSA) is 67.4 Å². The van der Waals surface area contributed by atoms with Crippen LogP contribution in [-0.2, 0) is 7.05 Å². The largest absolute Gasteiger partial charge is 0.491 e. The molecule has 0 aliphatic rings. The predicted octanol–water partition coefficient (Wildman–Crippen LogP) is 3.52. The van der Waals surface area contributed by atoms with Gasteiger partial charge in [0.25, 0.3) is 0 Å². The van der Waals surface area contributed by atoms with E-state index in [-0.39, 0.29) is 13.2 Å². The van der Waals surface area contributed by atoms with Gasteiger partial charge in [-0.05, 0) is 42.5 Å². The van der Waals surface area contributed by atoms with Crippen LogP contribution in [0.2, 0.25) is 5.02 Å². The lowest BCUT2D eigenvalue weighted by Crippen LogP contribution is -2.25. The highest BCUT2D eigenvalue weighted by atomic mass is 35.5. The lowest BCUT2D eigenvalue weighted by molar-refractivity contribution is 0.0626. The summed E-state index contributed by atoms with van der Waals surface area (Å²) in [6, 6.07) is 14.5. The monoisotopic (exact) mass is 356 g/mol. The summed E-state index contributed by atoms with van der Waals surface area (Å²) in [5.74, 6) is 1.07. The van der Waals surface area contributed by atoms with Gasteiger partial charge in [-0.25, -0.2) is 0 Å². The quantitative estimate of drug-likeness (QED) is 0.733. The van der Waals surface area contributed by atoms with Gasteiger partial charge < -0.3 is 19.1 Å². The molecule has 1 heterocycles. The normalized spacial score (nSPS) is 11.9. The number of nitriles is 1. The standard InChI is InChI=1S/C19H17ClN2O3/c1-22-7-6-13-9-17(3-4-18(13)22)24-11-16(23)12-25-19-5-2-15(20)8-14(19)10-21/h2-9,16,23H,11-12H2,1H3. The van der Waals surface area contributed by atoms with Crippen LogP contribution in [0.3, 0.4) is 0 Å². The summed E-state index contributed by atoms with van der Waals surface area (Å²) < 4.78 is 13.1. The Morgan fingerprint density at radius 3 is 2.76 bits per heavy atom. The van der Waals surface area contributed by atoms with Crippen molar-refractivity contribution >= 4 is 22.5 Å². The van der Waals surface area contributed by atoms with Crippen molar-refractivity contribution in [3.05, 3.63) is 59.2 Å². The third-order valence-electron chi connectivity index (χ3n) is 3.79. The van der Waals surface area contributed by atoms with E-state index in [1.54, 1.807) is 12.1 Å². The van der Waals surface area contributed by atoms with E-state index in [1.807, 2.05) is 48.1 Å². The van der Waals surface area contributed by atoms with E-state index in [2.05, 4.69) is 0 Å². The van der Waals surface area contributed by atoms with E-state index < -0.39 is 6.10 Å². The second-order valence-electron chi connectivity index (χ2n) is 5.68. The number of benzene rings is 2. The van der Waals surface area contributed by atoms with Crippen LogP contribution in [-0.4, -0.2) is 29.0 Å². The summed E-state index contributed by atoms with van der Waals surface area (Å²) >= 11 is 5.84. The Kier molecular flexibility index (Phi) is 5.13. The number of aliphatic hydroxyl groups excluding tert-OH is 1. The zero-order valence-electron chi connectivity index (χ0n) is 13.6. The first-order chi connectivity index (χ1) is 12.1. The highest BCUT2D eigenvalue weighted by molar-refractivity contribution is 6.30. The van der Waals surface area contributed by atoms with Gasteiger partial charge in [0, 0.05) is 29.2 Å². The summed E-state index contributed by atoms with van der Waals surface area (Å²) in [5.41, 5.74) is 1.44. The Morgan fingerprint density at radius 2 is 1.96 bits per heavy atom. The zero-order valence-corrected chi connectivity index (χ0v) is 14.4. The fourth-order valence-corrected chi connectivity index (χ4v) is 2.66. The average molecular weight is 357 g/mol. The molecule has 3 aromatic rings. The fourth-order valence-electron chi connectivity index (χ4n) is 2.49. The fraction of sp³-hybridized carbons (Fsp3) is 0.211. The SMILES string of the molecule is Cn1ccc2cc(OCC(O)COc3ccc(Cl)cc3C#N)ccc21. The molecule has 5 nitrogen and oxygen atoms in total. The van der Waals surface area contributed by atoms with E-state index in [1.165, 1.54) is 6.07 Å². The minimum Gasteiger partial charge on any atom is -0.491 e. The third kappa shape index (κ3) is 4.05. The first kappa shape index (κ1) is 17.2. The molecule has 6 heteroatoms. The Balaban J connectivity index is 1.55. The van der Waals surface area contributed by atoms with Gasteiger partial charge in [0.1, 0.15) is 36.9 Å². The molecule has 0 saturated heterocycles. The molecule has 0 aliphatic carbocycles. The Morgan fingerprint density at radius 1 is 1.16 bits per heavy atom. The Hall–Kier alpha value is -2.68. The number of hydrogen-bond donors (Lipinski definition) is 1. The molecule has 3 rings (SSSR count). The molecular weight excluding hydrogens is 340 g/mol. The summed E-state index contributed by atoms with van der Waals surface area (Å²) in [7, 11) is 1.98. The van der Waals surface area contributed by atoms with E-state index in [0.29, 0.717) is 22.1 Å². The van der Waals surface area contributed by atoms with Gasteiger partial charge in [0.15, 0.2) is 0 Å². The lowest BCUT2D eigenvalue weighted by Gasteiger charge is -2.14. The molecule has 1 N–H and O–H groups in total. The number of fused-ring (bicyclic) bond motifs is 1. The van der Waals surface area contributed by atoms with Crippen molar-refractivity contribution in [1.29, 1.82) is 5.26 Å². The molecule has 0 radical (unpaired) electrons. The number of aromatic nitrogens is 1. The molecule has 1 atom stereocenters. The predicted molar refractivity (Wildman–Crippen MR) is 96.1 cm³/mol. The summed E-state index contributed by atoms with van der Waals surface area (Å²) in [6.07, 6.45) is 1.16. The van der Waals surface area contributed by atoms with Crippen molar-refractivity contribution in [2.75, 3.05) is 13.2 Å². The zero-order chi connectivity index (χ0) is 17.8. The van der Waals surface area contributed by atoms with Gasteiger partial charge in [-0.1, -0.05) is 11.6 Å². The van der Waals surface area contributed by atoms with E-state index in [9.17, 15) is 5.11 Å². The van der Waals surface area contributed by atoms with Crippen LogP contribution in [0.1, 0.15) is 5.56 Å². The Labute approximate surface area is 150 Å². The van der Waals surface area contributed by atoms with Crippen molar-refractivity contribution < 1.29 is 14.6 Å². The van der Waals surface area contributed by atoms with Crippen LogP contribution in [0.15, 0.2) is 48.7 Å². The molecule has 0 spiro atoms. The van der Waals surface area contributed by atoms with E-state index in [4.69, 9.17) is 26.3 Å². The van der Waals surface area contributed by atoms with Crippen molar-refractivity contribution in [3.63, 3.8) is 0 Å². The molecular formula is C19H17ClN2O3. The first-order valence-corrected chi connectivity index (χ1v) is 8.13. The molecule has 0 saturated carbocycles. The van der Waals surface area contributed by atoms with Crippen LogP contribution in [0.5, 0.6) is 11.5 Å². The molecule has 1 unspecified atom stereocenters. The second kappa shape index (κ2) is 7.47. The van der Waals surface area contributed by atoms with Gasteiger partial charge in [-0.15, -0.1) is 0 Å². The van der Waals surface area contributed by atoms with E-state index in [0.717, 1.165) is 10.9 Å². The van der Waals surface area contributed by atoms with Gasteiger partial charge >= 0.3 is 0 Å². The van der Waals surface area contributed by atoms with Gasteiger partial charge in [-0.3, -0.25) is 0 Å². The number of rotatable bonds is 6. The number of aliphatic hydroxyl groups is 1. The number of ether oxygens (including phenoxy) is 2. The minimum atomic E-state index is -0.825. The second-order valence-corrected chi connectivity index (χ2v) is 6.11. The van der Waals surface area contributed by atoms with Gasteiger partial charge in [-0.2, -0.15) is 5.26 Å². The van der Waals surface area contributed by atoms with E-state index >= 15 is 0 Å². The third-order valence-corrected chi connectivity index (χ3v) is 4.03. The maximum absolute atomic E-state index is 10.0. The number of aryl methyl sites for hydroxylation is 1. The van der Waals surface area contributed by atoms with Crippen molar-refractivity contribution in [1.82, 2.24) is 4.57 Å². The lowest BCUT2D eigenvalue weighted by atomic mass is 10.2. The average Bonchev–Trinajstić information content (AvgIpc) is 2.99. The van der Waals surface area contributed by atoms with Crippen molar-refractivity contribution in [2.24, 2.45) is 7.05 Å². The first-order valence-electron chi connectivity index (χ1n) is 7.75. The summed E-state index contributed by atoms with van der Waals surface area (Å²) in [5, 5.41) is 20.7. The molecule has 25 heavy (non-hydrogen) atoms. The van der Waals surface area contributed by atoms with Crippen molar-refractivity contribution in [2.45, 2.75) is 6.10 Å². The molecule has 0 amide bonds. The van der Waals surface area contributed by atoms with Crippen LogP contribution < -0.4 is 9.47 Å². The van der Waals surface area contributed by atoms with Gasteiger partial charge in [0.2, 0.25) is 0 Å². The molecule has 2 aromatic carbocycles. The van der Waals surface area contributed by atoms with Crippen LogP contribution in [0, 0.1) is 11.3 Å². The van der Waals surface area contributed by atoms with Crippen LogP contribution in [0.25, 0.3) is 10.9 Å². The number of hydrogen-bond acceptors (Lipinski definition) is 4. The molecule has 1 aromatic heterocycles. The Bertz CT molecular complexity index is 930.